The number of rotatable bonds is 11. The highest BCUT2D eigenvalue weighted by Crippen LogP contribution is 2.23. The van der Waals surface area contributed by atoms with E-state index in [0.717, 1.165) is 61.2 Å². The number of non-ortho nitro benzene ring substituents is 1. The number of piperazine rings is 1. The van der Waals surface area contributed by atoms with Gasteiger partial charge in [-0.1, -0.05) is 24.3 Å². The number of hydrogen-bond donors (Lipinski definition) is 3. The van der Waals surface area contributed by atoms with E-state index in [-0.39, 0.29) is 30.1 Å². The number of ether oxygens (including phenoxy) is 1. The minimum atomic E-state index is -1.17. The highest BCUT2D eigenvalue weighted by atomic mass is 35.5. The van der Waals surface area contributed by atoms with Gasteiger partial charge in [-0.25, -0.2) is 4.79 Å². The maximum Gasteiger partial charge on any atom is 0.326 e. The zero-order valence-electron chi connectivity index (χ0n) is 20.8. The molecule has 0 radical (unpaired) electrons. The smallest absolute Gasteiger partial charge is 0.326 e. The van der Waals surface area contributed by atoms with Crippen molar-refractivity contribution in [1.29, 1.82) is 0 Å². The summed E-state index contributed by atoms with van der Waals surface area (Å²) < 4.78 is 5.93. The largest absolute Gasteiger partial charge is 0.494 e. The molecule has 38 heavy (non-hydrogen) atoms. The first-order valence-corrected chi connectivity index (χ1v) is 12.3. The molecule has 11 heteroatoms. The van der Waals surface area contributed by atoms with Crippen molar-refractivity contribution < 1.29 is 24.4 Å². The molecule has 3 aromatic rings. The number of halogens is 1. The third-order valence-corrected chi connectivity index (χ3v) is 6.36. The first kappa shape index (κ1) is 28.8. The second-order valence-corrected chi connectivity index (χ2v) is 9.01. The van der Waals surface area contributed by atoms with Crippen molar-refractivity contribution in [2.24, 2.45) is 0 Å². The monoisotopic (exact) mass is 542 g/mol. The van der Waals surface area contributed by atoms with Gasteiger partial charge in [-0.3, -0.25) is 14.9 Å². The van der Waals surface area contributed by atoms with E-state index >= 15 is 0 Å². The van der Waals surface area contributed by atoms with E-state index < -0.39 is 22.8 Å². The topological polar surface area (TPSA) is 134 Å². The summed E-state index contributed by atoms with van der Waals surface area (Å²) >= 11 is 0. The van der Waals surface area contributed by atoms with Crippen LogP contribution in [0, 0.1) is 10.1 Å². The van der Waals surface area contributed by atoms with Gasteiger partial charge < -0.3 is 25.4 Å². The van der Waals surface area contributed by atoms with E-state index in [1.807, 2.05) is 36.4 Å². The van der Waals surface area contributed by atoms with E-state index in [2.05, 4.69) is 15.5 Å². The summed E-state index contributed by atoms with van der Waals surface area (Å²) in [5, 5.41) is 28.2. The number of hydrogen-bond acceptors (Lipinski definition) is 7. The lowest BCUT2D eigenvalue weighted by Crippen LogP contribution is -2.43. The van der Waals surface area contributed by atoms with Gasteiger partial charge in [0, 0.05) is 56.8 Å². The number of carbonyl (C=O) groups is 2. The fourth-order valence-corrected chi connectivity index (χ4v) is 4.31. The molecular formula is C27H31ClN4O6. The molecule has 1 aliphatic rings. The molecule has 10 nitrogen and oxygen atoms in total. The van der Waals surface area contributed by atoms with E-state index in [0.29, 0.717) is 6.61 Å². The fraction of sp³-hybridized carbons (Fsp3) is 0.333. The number of amides is 1. The molecule has 0 aromatic heterocycles. The number of nitrogens with one attached hydrogen (secondary N) is 2. The molecule has 1 amide bonds. The Kier molecular flexibility index (Phi) is 10.4. The average Bonchev–Trinajstić information content (AvgIpc) is 2.91. The molecular weight excluding hydrogens is 512 g/mol. The highest BCUT2D eigenvalue weighted by molar-refractivity contribution is 5.96. The number of carboxylic acids is 1. The number of carbonyl (C=O) groups excluding carboxylic acids is 1. The Morgan fingerprint density at radius 3 is 2.42 bits per heavy atom. The van der Waals surface area contributed by atoms with Crippen molar-refractivity contribution in [3.63, 3.8) is 0 Å². The molecule has 1 saturated heterocycles. The quantitative estimate of drug-likeness (QED) is 0.191. The minimum absolute atomic E-state index is 0. The van der Waals surface area contributed by atoms with Crippen molar-refractivity contribution in [3.8, 4) is 5.75 Å². The SMILES string of the molecule is Cl.O=C(NC(Cc1ccc2cc(OCCCN3CCNCC3)ccc2c1)C(=O)O)c1ccc([N+](=O)[O-])cc1. The molecule has 1 atom stereocenters. The molecule has 0 aliphatic carbocycles. The first-order valence-electron chi connectivity index (χ1n) is 12.3. The maximum absolute atomic E-state index is 12.5. The number of carboxylic acid groups (broad SMARTS) is 1. The number of nitro benzene ring substituents is 1. The van der Waals surface area contributed by atoms with Crippen LogP contribution in [0.15, 0.2) is 60.7 Å². The zero-order valence-corrected chi connectivity index (χ0v) is 21.6. The predicted octanol–water partition coefficient (Wildman–Crippen LogP) is 3.27. The lowest BCUT2D eigenvalue weighted by molar-refractivity contribution is -0.384. The third-order valence-electron chi connectivity index (χ3n) is 6.36. The van der Waals surface area contributed by atoms with Gasteiger partial charge in [0.25, 0.3) is 11.6 Å². The van der Waals surface area contributed by atoms with Crippen LogP contribution in [0.25, 0.3) is 10.8 Å². The van der Waals surface area contributed by atoms with E-state index in [4.69, 9.17) is 4.74 Å². The molecule has 1 fully saturated rings. The van der Waals surface area contributed by atoms with E-state index in [9.17, 15) is 24.8 Å². The number of aliphatic carboxylic acids is 1. The summed E-state index contributed by atoms with van der Waals surface area (Å²) in [6.07, 6.45) is 1.05. The molecule has 1 unspecified atom stereocenters. The third kappa shape index (κ3) is 7.88. The molecule has 202 valence electrons. The van der Waals surface area contributed by atoms with Crippen LogP contribution in [0.4, 0.5) is 5.69 Å². The number of nitrogens with zero attached hydrogens (tertiary/aromatic N) is 2. The van der Waals surface area contributed by atoms with Gasteiger partial charge >= 0.3 is 5.97 Å². The standard InChI is InChI=1S/C27H30N4O6.ClH/c32-26(20-4-7-23(8-5-20)31(35)36)29-25(27(33)34)17-19-2-3-22-18-24(9-6-21(22)16-19)37-15-1-12-30-13-10-28-11-14-30;/h2-9,16,18,25,28H,1,10-15,17H2,(H,29,32)(H,33,34);1H. The normalized spacial score (nSPS) is 14.3. The van der Waals surface area contributed by atoms with Gasteiger partial charge in [0.1, 0.15) is 11.8 Å². The predicted molar refractivity (Wildman–Crippen MR) is 146 cm³/mol. The average molecular weight is 543 g/mol. The Morgan fingerprint density at radius 1 is 1.05 bits per heavy atom. The van der Waals surface area contributed by atoms with Gasteiger partial charge in [-0.05, 0) is 47.0 Å². The van der Waals surface area contributed by atoms with Gasteiger partial charge in [0.15, 0.2) is 0 Å². The summed E-state index contributed by atoms with van der Waals surface area (Å²) in [6.45, 7) is 5.87. The maximum atomic E-state index is 12.5. The van der Waals surface area contributed by atoms with Crippen molar-refractivity contribution in [3.05, 3.63) is 81.9 Å². The first-order chi connectivity index (χ1) is 17.9. The summed E-state index contributed by atoms with van der Waals surface area (Å²) in [6, 6.07) is 15.3. The van der Waals surface area contributed by atoms with Gasteiger partial charge in [0.2, 0.25) is 0 Å². The lowest BCUT2D eigenvalue weighted by Gasteiger charge is -2.26. The highest BCUT2D eigenvalue weighted by Gasteiger charge is 2.22. The van der Waals surface area contributed by atoms with Crippen LogP contribution in [0.2, 0.25) is 0 Å². The van der Waals surface area contributed by atoms with Gasteiger partial charge in [0.05, 0.1) is 11.5 Å². The summed E-state index contributed by atoms with van der Waals surface area (Å²) in [5.74, 6) is -0.985. The molecule has 0 spiro atoms. The Balaban J connectivity index is 0.00000400. The van der Waals surface area contributed by atoms with Crippen molar-refractivity contribution in [2.45, 2.75) is 18.9 Å². The molecule has 4 rings (SSSR count). The van der Waals surface area contributed by atoms with Crippen LogP contribution in [0.5, 0.6) is 5.75 Å². The second kappa shape index (κ2) is 13.7. The zero-order chi connectivity index (χ0) is 26.2. The molecule has 3 N–H and O–H groups in total. The second-order valence-electron chi connectivity index (χ2n) is 9.01. The Hall–Kier alpha value is -3.73. The number of nitro groups is 1. The number of fused-ring (bicyclic) bond motifs is 1. The molecule has 0 saturated carbocycles. The van der Waals surface area contributed by atoms with E-state index in [1.54, 1.807) is 0 Å². The van der Waals surface area contributed by atoms with Crippen LogP contribution >= 0.6 is 12.4 Å². The van der Waals surface area contributed by atoms with Crippen molar-refractivity contribution in [1.82, 2.24) is 15.5 Å². The summed E-state index contributed by atoms with van der Waals surface area (Å²) in [5.41, 5.74) is 0.760. The molecule has 1 heterocycles. The molecule has 0 bridgehead atoms. The fourth-order valence-electron chi connectivity index (χ4n) is 4.31. The minimum Gasteiger partial charge on any atom is -0.494 e. The van der Waals surface area contributed by atoms with Gasteiger partial charge in [-0.15, -0.1) is 12.4 Å². The lowest BCUT2D eigenvalue weighted by atomic mass is 10.0. The molecule has 3 aromatic carbocycles. The van der Waals surface area contributed by atoms with Crippen molar-refractivity contribution in [2.75, 3.05) is 39.3 Å². The Bertz CT molecular complexity index is 1260. The summed E-state index contributed by atoms with van der Waals surface area (Å²) in [7, 11) is 0. The van der Waals surface area contributed by atoms with Crippen LogP contribution in [0.1, 0.15) is 22.3 Å². The van der Waals surface area contributed by atoms with Gasteiger partial charge in [-0.2, -0.15) is 0 Å². The van der Waals surface area contributed by atoms with Crippen LogP contribution in [-0.2, 0) is 11.2 Å². The Morgan fingerprint density at radius 2 is 1.74 bits per heavy atom. The molecule has 1 aliphatic heterocycles. The van der Waals surface area contributed by atoms with Crippen LogP contribution in [-0.4, -0.2) is 72.2 Å². The Labute approximate surface area is 226 Å². The van der Waals surface area contributed by atoms with Crippen molar-refractivity contribution >= 4 is 40.7 Å². The number of benzene rings is 3. The van der Waals surface area contributed by atoms with E-state index in [1.165, 1.54) is 24.3 Å². The summed E-state index contributed by atoms with van der Waals surface area (Å²) in [4.78, 5) is 37.0. The van der Waals surface area contributed by atoms with Crippen LogP contribution in [0.3, 0.4) is 0 Å². The van der Waals surface area contributed by atoms with Crippen LogP contribution < -0.4 is 15.4 Å².